The fourth-order valence-electron chi connectivity index (χ4n) is 2.32. The second-order valence-corrected chi connectivity index (χ2v) is 6.92. The van der Waals surface area contributed by atoms with Crippen LogP contribution in [0.1, 0.15) is 25.0 Å². The molecule has 1 heteroatoms. The molecule has 0 fully saturated rings. The molecule has 0 saturated heterocycles. The van der Waals surface area contributed by atoms with Crippen molar-refractivity contribution in [1.29, 1.82) is 0 Å². The minimum absolute atomic E-state index is 1.05. The van der Waals surface area contributed by atoms with Crippen molar-refractivity contribution in [3.63, 3.8) is 0 Å². The van der Waals surface area contributed by atoms with E-state index in [2.05, 4.69) is 76.3 Å². The smallest absolute Gasteiger partial charge is 0.0253 e. The van der Waals surface area contributed by atoms with Crippen LogP contribution in [0.4, 0.5) is 0 Å². The summed E-state index contributed by atoms with van der Waals surface area (Å²) >= 11 is 2.08. The van der Waals surface area contributed by atoms with Crippen molar-refractivity contribution in [1.82, 2.24) is 0 Å². The first-order valence-electron chi connectivity index (χ1n) is 7.45. The Morgan fingerprint density at radius 3 is 2.23 bits per heavy atom. The molecule has 0 aliphatic heterocycles. The molecule has 4 rings (SSSR count). The van der Waals surface area contributed by atoms with Gasteiger partial charge in [0.25, 0.3) is 0 Å². The summed E-state index contributed by atoms with van der Waals surface area (Å²) in [6, 6.07) is 28.1. The van der Waals surface area contributed by atoms with Gasteiger partial charge in [0.1, 0.15) is 0 Å². The number of rotatable bonds is 0. The molecule has 0 amide bonds. The third-order valence-corrected chi connectivity index (χ3v) is 3.17. The van der Waals surface area contributed by atoms with Crippen molar-refractivity contribution in [2.45, 2.75) is 20.3 Å². The standard InChI is InChI=1S/C13H9.C5H5.C3H6.Ti/c1-3-7-12-10(5-1)9-11-6-2-4-8-13(11)12;1-2-4-5-3-1;1-3-2;/h1-5,7-8H,9H2;1-5H;1-2H3;/q2*-1;;+2. The molecule has 0 nitrogen and oxygen atoms in total. The van der Waals surface area contributed by atoms with Crippen LogP contribution < -0.4 is 0 Å². The van der Waals surface area contributed by atoms with Crippen LogP contribution in [0, 0.1) is 6.07 Å². The average Bonchev–Trinajstić information content (AvgIpc) is 3.18. The number of hydrogen-bond donors (Lipinski definition) is 0. The van der Waals surface area contributed by atoms with E-state index in [1.165, 1.54) is 26.1 Å². The Morgan fingerprint density at radius 2 is 1.59 bits per heavy atom. The zero-order valence-corrected chi connectivity index (χ0v) is 14.7. The second-order valence-electron chi connectivity index (χ2n) is 5.36. The Hall–Kier alpha value is -1.63. The van der Waals surface area contributed by atoms with Gasteiger partial charge in [-0.2, -0.15) is 48.0 Å². The van der Waals surface area contributed by atoms with Crippen LogP contribution in [0.15, 0.2) is 72.8 Å². The molecule has 0 atom stereocenters. The molecule has 0 unspecified atom stereocenters. The Morgan fingerprint density at radius 1 is 0.955 bits per heavy atom. The van der Waals surface area contributed by atoms with Crippen molar-refractivity contribution < 1.29 is 20.0 Å². The van der Waals surface area contributed by atoms with Gasteiger partial charge in [0, 0.05) is 0 Å². The van der Waals surface area contributed by atoms with E-state index in [4.69, 9.17) is 0 Å². The van der Waals surface area contributed by atoms with E-state index < -0.39 is 0 Å². The maximum absolute atomic E-state index is 3.30. The second kappa shape index (κ2) is 8.73. The number of fused-ring (bicyclic) bond motifs is 3. The normalized spacial score (nSPS) is 10.4. The van der Waals surface area contributed by atoms with E-state index in [0.29, 0.717) is 0 Å². The van der Waals surface area contributed by atoms with E-state index in [0.717, 1.165) is 6.42 Å². The molecular formula is C21H20Ti. The molecule has 3 aromatic rings. The number of benzene rings is 2. The summed E-state index contributed by atoms with van der Waals surface area (Å²) < 4.78 is 1.42. The molecule has 0 bridgehead atoms. The Kier molecular flexibility index (Phi) is 6.64. The summed E-state index contributed by atoms with van der Waals surface area (Å²) in [4.78, 5) is 0. The van der Waals surface area contributed by atoms with Crippen molar-refractivity contribution in [2.24, 2.45) is 0 Å². The Labute approximate surface area is 145 Å². The summed E-state index contributed by atoms with van der Waals surface area (Å²) in [6.45, 7) is 4.17. The van der Waals surface area contributed by atoms with Crippen LogP contribution in [0.25, 0.3) is 11.1 Å². The topological polar surface area (TPSA) is 0 Å². The zero-order valence-electron chi connectivity index (χ0n) is 13.1. The van der Waals surface area contributed by atoms with Gasteiger partial charge < -0.3 is 0 Å². The fraction of sp³-hybridized carbons (Fsp3) is 0.143. The molecule has 3 aromatic carbocycles. The van der Waals surface area contributed by atoms with Crippen molar-refractivity contribution >= 4 is 3.81 Å². The molecule has 0 aromatic heterocycles. The van der Waals surface area contributed by atoms with Gasteiger partial charge in [-0.15, -0.1) is 5.56 Å². The summed E-state index contributed by atoms with van der Waals surface area (Å²) in [6.07, 6.45) is 1.05. The monoisotopic (exact) mass is 320 g/mol. The molecule has 0 radical (unpaired) electrons. The van der Waals surface area contributed by atoms with Crippen LogP contribution in [0.3, 0.4) is 0 Å². The molecule has 1 aliphatic carbocycles. The predicted molar refractivity (Wildman–Crippen MR) is 91.9 cm³/mol. The summed E-state index contributed by atoms with van der Waals surface area (Å²) in [5.41, 5.74) is 5.51. The fourth-order valence-corrected chi connectivity index (χ4v) is 2.32. The maximum Gasteiger partial charge on any atom is -0.0253 e. The van der Waals surface area contributed by atoms with Crippen molar-refractivity contribution in [3.05, 3.63) is 90.0 Å². The molecular weight excluding hydrogens is 300 g/mol. The molecule has 0 saturated carbocycles. The van der Waals surface area contributed by atoms with Crippen LogP contribution in [-0.4, -0.2) is 3.81 Å². The van der Waals surface area contributed by atoms with Gasteiger partial charge in [-0.05, 0) is 6.42 Å². The van der Waals surface area contributed by atoms with Gasteiger partial charge in [0.2, 0.25) is 0 Å². The van der Waals surface area contributed by atoms with E-state index in [-0.39, 0.29) is 0 Å². The molecule has 1 aliphatic rings. The average molecular weight is 320 g/mol. The van der Waals surface area contributed by atoms with Gasteiger partial charge >= 0.3 is 37.6 Å². The molecule has 22 heavy (non-hydrogen) atoms. The van der Waals surface area contributed by atoms with Crippen LogP contribution in [0.5, 0.6) is 0 Å². The summed E-state index contributed by atoms with van der Waals surface area (Å²) in [7, 11) is 0. The van der Waals surface area contributed by atoms with E-state index in [1.807, 2.05) is 36.4 Å². The van der Waals surface area contributed by atoms with E-state index in [1.54, 1.807) is 0 Å². The van der Waals surface area contributed by atoms with Gasteiger partial charge in [-0.1, -0.05) is 35.4 Å². The first kappa shape index (κ1) is 16.7. The molecule has 108 valence electrons. The molecule has 0 N–H and O–H groups in total. The SMILES string of the molecule is C[C](C)=[Ti+2].[c-]1cccc2c1Cc1ccccc1-2.c1cc[cH-]c1. The third kappa shape index (κ3) is 4.98. The van der Waals surface area contributed by atoms with Gasteiger partial charge in [0.05, 0.1) is 0 Å². The minimum atomic E-state index is 1.05. The maximum atomic E-state index is 3.30. The molecule has 0 heterocycles. The largest absolute Gasteiger partial charge is 0.214 e. The Bertz CT molecular complexity index is 644. The van der Waals surface area contributed by atoms with Crippen LogP contribution >= 0.6 is 0 Å². The summed E-state index contributed by atoms with van der Waals surface area (Å²) in [5, 5.41) is 0. The third-order valence-electron chi connectivity index (χ3n) is 3.17. The van der Waals surface area contributed by atoms with Crippen LogP contribution in [-0.2, 0) is 26.4 Å². The number of hydrogen-bond acceptors (Lipinski definition) is 0. The summed E-state index contributed by atoms with van der Waals surface area (Å²) in [5.74, 6) is 0. The quantitative estimate of drug-likeness (QED) is 0.308. The van der Waals surface area contributed by atoms with Crippen LogP contribution in [0.2, 0.25) is 0 Å². The van der Waals surface area contributed by atoms with Gasteiger partial charge in [-0.3, -0.25) is 0 Å². The molecule has 0 spiro atoms. The minimum Gasteiger partial charge on any atom is -0.214 e. The van der Waals surface area contributed by atoms with E-state index in [9.17, 15) is 0 Å². The van der Waals surface area contributed by atoms with Gasteiger partial charge in [0.15, 0.2) is 0 Å². The Balaban J connectivity index is 0.000000163. The van der Waals surface area contributed by atoms with Crippen molar-refractivity contribution in [3.8, 4) is 11.1 Å². The first-order chi connectivity index (χ1) is 10.7. The van der Waals surface area contributed by atoms with Crippen molar-refractivity contribution in [2.75, 3.05) is 0 Å². The van der Waals surface area contributed by atoms with Gasteiger partial charge in [-0.25, -0.2) is 12.1 Å². The van der Waals surface area contributed by atoms with E-state index >= 15 is 0 Å². The first-order valence-corrected chi connectivity index (χ1v) is 8.23. The zero-order chi connectivity index (χ0) is 15.8. The predicted octanol–water partition coefficient (Wildman–Crippen LogP) is 5.21.